The SMILES string of the molecule is CC=O.COC1CC[NH+](CC[C@@H](CC(=O)C2=Cc3cc4c(nc3C2)CC[C@H](C(C)(C)C)C4)c2ccc(-c3ccc(=O)[nH]c3)cc2)CC1. The Balaban J connectivity index is 0.00000139. The summed E-state index contributed by atoms with van der Waals surface area (Å²) in [5.74, 6) is 1.06. The molecule has 0 spiro atoms. The van der Waals surface area contributed by atoms with E-state index < -0.39 is 0 Å². The van der Waals surface area contributed by atoms with Crippen molar-refractivity contribution in [3.05, 3.63) is 92.7 Å². The summed E-state index contributed by atoms with van der Waals surface area (Å²) in [6.45, 7) is 11.8. The number of H-pyrrole nitrogens is 1. The van der Waals surface area contributed by atoms with Gasteiger partial charge in [-0.3, -0.25) is 14.6 Å². The summed E-state index contributed by atoms with van der Waals surface area (Å²) in [6.07, 6.45) is 12.7. The molecule has 3 aromatic rings. The molecule has 2 atom stereocenters. The van der Waals surface area contributed by atoms with Crippen LogP contribution < -0.4 is 10.5 Å². The average Bonchev–Trinajstić information content (AvgIpc) is 3.49. The zero-order valence-electron chi connectivity index (χ0n) is 28.9. The number of Topliss-reactive ketones (excluding diaryl/α,β-unsaturated/α-hetero) is 1. The van der Waals surface area contributed by atoms with Gasteiger partial charge in [-0.1, -0.05) is 45.0 Å². The number of aromatic nitrogens is 2. The Morgan fingerprint density at radius 2 is 1.77 bits per heavy atom. The molecule has 1 aromatic carbocycles. The minimum absolute atomic E-state index is 0.103. The number of allylic oxidation sites excluding steroid dienone is 1. The van der Waals surface area contributed by atoms with E-state index in [-0.39, 0.29) is 17.3 Å². The number of aromatic amines is 1. The molecule has 2 N–H and O–H groups in total. The van der Waals surface area contributed by atoms with Crippen LogP contribution in [0.4, 0.5) is 0 Å². The van der Waals surface area contributed by atoms with Crippen molar-refractivity contribution in [1.29, 1.82) is 0 Å². The number of benzene rings is 1. The first-order valence-corrected chi connectivity index (χ1v) is 17.4. The van der Waals surface area contributed by atoms with Crippen LogP contribution in [-0.4, -0.2) is 54.9 Å². The molecule has 0 saturated carbocycles. The molecule has 7 nitrogen and oxygen atoms in total. The predicted octanol–water partition coefficient (Wildman–Crippen LogP) is 5.56. The standard InChI is InChI=1S/C38H47N3O3.C2H4O/c1-38(2,3)32-10-11-34-30(21-32)19-29-20-31(22-35(29)40-34)36(42)23-27(13-16-41-17-14-33(44-4)15-18-41)25-5-7-26(8-6-25)28-9-12-37(43)39-24-28;1-2-3/h5-9,12,19-20,24,27,32-33H,10-11,13-18,21-23H2,1-4H3,(H,39,43);2H,1H3/p+1/t27-,32-;/m0./s1. The van der Waals surface area contributed by atoms with Gasteiger partial charge in [0.2, 0.25) is 5.56 Å². The first-order chi connectivity index (χ1) is 22.6. The Hall–Kier alpha value is -3.68. The fourth-order valence-corrected chi connectivity index (χ4v) is 7.47. The van der Waals surface area contributed by atoms with E-state index in [9.17, 15) is 9.59 Å². The first-order valence-electron chi connectivity index (χ1n) is 17.4. The van der Waals surface area contributed by atoms with Gasteiger partial charge in [0, 0.05) is 62.7 Å². The summed E-state index contributed by atoms with van der Waals surface area (Å²) in [5.41, 5.74) is 9.18. The van der Waals surface area contributed by atoms with Gasteiger partial charge in [0.1, 0.15) is 6.29 Å². The molecule has 250 valence electrons. The number of hydrogen-bond donors (Lipinski definition) is 2. The summed E-state index contributed by atoms with van der Waals surface area (Å²) in [4.78, 5) is 43.7. The van der Waals surface area contributed by atoms with Crippen LogP contribution in [0.5, 0.6) is 0 Å². The van der Waals surface area contributed by atoms with Crippen molar-refractivity contribution in [2.45, 2.75) is 91.1 Å². The Kier molecular flexibility index (Phi) is 11.4. The zero-order chi connectivity index (χ0) is 33.6. The Morgan fingerprint density at radius 3 is 2.40 bits per heavy atom. The molecule has 2 aliphatic carbocycles. The molecule has 0 radical (unpaired) electrons. The van der Waals surface area contributed by atoms with Gasteiger partial charge in [-0.05, 0) is 89.5 Å². The highest BCUT2D eigenvalue weighted by atomic mass is 16.5. The number of rotatable bonds is 9. The first kappa shape index (κ1) is 34.6. The number of hydrogen-bond acceptors (Lipinski definition) is 5. The molecule has 1 aliphatic heterocycles. The van der Waals surface area contributed by atoms with Crippen LogP contribution in [0.15, 0.2) is 59.0 Å². The van der Waals surface area contributed by atoms with Crippen molar-refractivity contribution >= 4 is 18.1 Å². The van der Waals surface area contributed by atoms with E-state index in [0.717, 1.165) is 86.0 Å². The number of aryl methyl sites for hydroxylation is 1. The van der Waals surface area contributed by atoms with E-state index in [1.807, 2.05) is 13.2 Å². The summed E-state index contributed by atoms with van der Waals surface area (Å²) in [7, 11) is 1.82. The second-order valence-electron chi connectivity index (χ2n) is 14.6. The predicted molar refractivity (Wildman–Crippen MR) is 188 cm³/mol. The van der Waals surface area contributed by atoms with Gasteiger partial charge in [-0.2, -0.15) is 0 Å². The Bertz CT molecular complexity index is 1600. The van der Waals surface area contributed by atoms with E-state index in [4.69, 9.17) is 14.5 Å². The maximum Gasteiger partial charge on any atom is 0.247 e. The monoisotopic (exact) mass is 638 g/mol. The lowest BCUT2D eigenvalue weighted by Crippen LogP contribution is -3.13. The number of fused-ring (bicyclic) bond motifs is 2. The smallest absolute Gasteiger partial charge is 0.247 e. The molecule has 1 saturated heterocycles. The number of quaternary nitrogens is 1. The van der Waals surface area contributed by atoms with Crippen LogP contribution in [0.2, 0.25) is 0 Å². The zero-order valence-corrected chi connectivity index (χ0v) is 28.9. The van der Waals surface area contributed by atoms with Crippen LogP contribution in [0.1, 0.15) is 93.8 Å². The summed E-state index contributed by atoms with van der Waals surface area (Å²) >= 11 is 0. The summed E-state index contributed by atoms with van der Waals surface area (Å²) in [5, 5.41) is 0. The highest BCUT2D eigenvalue weighted by Gasteiger charge is 2.32. The van der Waals surface area contributed by atoms with E-state index in [1.54, 1.807) is 17.2 Å². The molecule has 0 amide bonds. The second kappa shape index (κ2) is 15.5. The maximum absolute atomic E-state index is 13.9. The minimum atomic E-state index is -0.103. The average molecular weight is 639 g/mol. The van der Waals surface area contributed by atoms with Gasteiger partial charge in [0.25, 0.3) is 0 Å². The van der Waals surface area contributed by atoms with Gasteiger partial charge in [-0.15, -0.1) is 0 Å². The number of aldehydes is 1. The maximum atomic E-state index is 13.9. The lowest BCUT2D eigenvalue weighted by Gasteiger charge is -2.34. The van der Waals surface area contributed by atoms with Crippen molar-refractivity contribution in [2.75, 3.05) is 26.7 Å². The third-order valence-electron chi connectivity index (χ3n) is 10.5. The van der Waals surface area contributed by atoms with Gasteiger partial charge in [-0.25, -0.2) is 0 Å². The summed E-state index contributed by atoms with van der Waals surface area (Å²) < 4.78 is 5.59. The van der Waals surface area contributed by atoms with Crippen molar-refractivity contribution < 1.29 is 19.2 Å². The molecule has 1 fully saturated rings. The van der Waals surface area contributed by atoms with Gasteiger partial charge < -0.3 is 19.4 Å². The number of carbonyl (C=O) groups excluding carboxylic acids is 2. The van der Waals surface area contributed by atoms with Crippen LogP contribution in [0.25, 0.3) is 17.2 Å². The van der Waals surface area contributed by atoms with Gasteiger partial charge in [0.15, 0.2) is 5.78 Å². The third kappa shape index (κ3) is 8.82. The highest BCUT2D eigenvalue weighted by Crippen LogP contribution is 2.39. The number of nitrogens with one attached hydrogen (secondary N) is 2. The molecule has 2 aromatic heterocycles. The third-order valence-corrected chi connectivity index (χ3v) is 10.5. The number of ketones is 1. The fourth-order valence-electron chi connectivity index (χ4n) is 7.47. The van der Waals surface area contributed by atoms with Crippen molar-refractivity contribution in [3.63, 3.8) is 0 Å². The van der Waals surface area contributed by atoms with Crippen molar-refractivity contribution in [3.8, 4) is 11.1 Å². The van der Waals surface area contributed by atoms with Crippen LogP contribution >= 0.6 is 0 Å². The molecule has 0 unspecified atom stereocenters. The van der Waals surface area contributed by atoms with Crippen molar-refractivity contribution in [2.24, 2.45) is 11.3 Å². The number of pyridine rings is 2. The number of piperidine rings is 1. The molecule has 3 aliphatic rings. The number of nitrogens with zero attached hydrogens (tertiary/aromatic N) is 1. The van der Waals surface area contributed by atoms with Gasteiger partial charge in [0.05, 0.1) is 31.4 Å². The number of likely N-dealkylation sites (tertiary alicyclic amines) is 1. The molecule has 3 heterocycles. The van der Waals surface area contributed by atoms with Crippen molar-refractivity contribution in [1.82, 2.24) is 9.97 Å². The fraction of sp³-hybridized carbons (Fsp3) is 0.500. The lowest BCUT2D eigenvalue weighted by molar-refractivity contribution is -0.906. The Morgan fingerprint density at radius 1 is 1.06 bits per heavy atom. The molecular formula is C40H52N3O4+. The van der Waals surface area contributed by atoms with E-state index in [2.05, 4.69) is 62.2 Å². The van der Waals surface area contributed by atoms with Crippen LogP contribution in [-0.2, 0) is 33.6 Å². The number of ether oxygens (including phenoxy) is 1. The number of methoxy groups -OCH3 is 1. The Labute approximate surface area is 279 Å². The number of carbonyl (C=O) groups is 2. The normalized spacial score (nSPS) is 21.0. The topological polar surface area (TPSA) is 93.6 Å². The van der Waals surface area contributed by atoms with Gasteiger partial charge >= 0.3 is 0 Å². The van der Waals surface area contributed by atoms with Crippen LogP contribution in [0.3, 0.4) is 0 Å². The molecule has 0 bridgehead atoms. The highest BCUT2D eigenvalue weighted by molar-refractivity contribution is 6.02. The second-order valence-corrected chi connectivity index (χ2v) is 14.6. The quantitative estimate of drug-likeness (QED) is 0.300. The van der Waals surface area contributed by atoms with Crippen LogP contribution in [0, 0.1) is 11.3 Å². The molecule has 6 rings (SSSR count). The molecular weight excluding hydrogens is 586 g/mol. The minimum Gasteiger partial charge on any atom is -0.381 e. The molecule has 47 heavy (non-hydrogen) atoms. The van der Waals surface area contributed by atoms with E-state index in [0.29, 0.717) is 30.3 Å². The van der Waals surface area contributed by atoms with E-state index >= 15 is 0 Å². The lowest BCUT2D eigenvalue weighted by atomic mass is 9.71. The largest absolute Gasteiger partial charge is 0.381 e. The van der Waals surface area contributed by atoms with E-state index in [1.165, 1.54) is 30.2 Å². The summed E-state index contributed by atoms with van der Waals surface area (Å²) in [6, 6.07) is 14.3. The molecule has 7 heteroatoms.